The van der Waals surface area contributed by atoms with Crippen molar-refractivity contribution in [3.05, 3.63) is 18.0 Å². The molecule has 3 rings (SSSR count). The largest absolute Gasteiger partial charge is 0.300 e. The Morgan fingerprint density at radius 1 is 1.23 bits per heavy atom. The first-order valence-electron chi connectivity index (χ1n) is 9.08. The van der Waals surface area contributed by atoms with Gasteiger partial charge in [0.15, 0.2) is 0 Å². The minimum absolute atomic E-state index is 0.724. The van der Waals surface area contributed by atoms with Crippen molar-refractivity contribution in [2.24, 2.45) is 11.8 Å². The molecule has 1 aliphatic heterocycles. The third-order valence-electron chi connectivity index (χ3n) is 5.35. The standard InChI is InChI=1S/C18H32N4/c1-15(2)18-14-20(11-12-22-16(3)7-8-19-22)9-4-10-21(18)13-17-5-6-17/h7-8,15,17-18H,4-6,9-14H2,1-3H3. The molecule has 0 aromatic carbocycles. The Balaban J connectivity index is 1.57. The molecule has 2 heterocycles. The molecule has 1 aliphatic carbocycles. The van der Waals surface area contributed by atoms with Gasteiger partial charge in [-0.15, -0.1) is 0 Å². The minimum atomic E-state index is 0.724. The van der Waals surface area contributed by atoms with Crippen molar-refractivity contribution in [3.8, 4) is 0 Å². The van der Waals surface area contributed by atoms with E-state index >= 15 is 0 Å². The second kappa shape index (κ2) is 7.14. The molecule has 0 bridgehead atoms. The molecule has 2 aliphatic rings. The van der Waals surface area contributed by atoms with Gasteiger partial charge in [0, 0.05) is 37.6 Å². The van der Waals surface area contributed by atoms with Gasteiger partial charge in [0.25, 0.3) is 0 Å². The Morgan fingerprint density at radius 3 is 2.68 bits per heavy atom. The smallest absolute Gasteiger partial charge is 0.0539 e. The highest BCUT2D eigenvalue weighted by atomic mass is 15.3. The van der Waals surface area contributed by atoms with E-state index in [0.717, 1.165) is 31.0 Å². The molecule has 2 fully saturated rings. The summed E-state index contributed by atoms with van der Waals surface area (Å²) in [4.78, 5) is 5.46. The van der Waals surface area contributed by atoms with Crippen LogP contribution in [0.25, 0.3) is 0 Å². The van der Waals surface area contributed by atoms with Gasteiger partial charge < -0.3 is 0 Å². The number of aryl methyl sites for hydroxylation is 1. The monoisotopic (exact) mass is 304 g/mol. The summed E-state index contributed by atoms with van der Waals surface area (Å²) >= 11 is 0. The Morgan fingerprint density at radius 2 is 2.05 bits per heavy atom. The summed E-state index contributed by atoms with van der Waals surface area (Å²) in [6.07, 6.45) is 6.15. The fourth-order valence-electron chi connectivity index (χ4n) is 3.70. The predicted molar refractivity (Wildman–Crippen MR) is 90.9 cm³/mol. The predicted octanol–water partition coefficient (Wildman–Crippen LogP) is 2.63. The van der Waals surface area contributed by atoms with E-state index in [2.05, 4.69) is 46.4 Å². The van der Waals surface area contributed by atoms with Crippen molar-refractivity contribution >= 4 is 0 Å². The molecular weight excluding hydrogens is 272 g/mol. The summed E-state index contributed by atoms with van der Waals surface area (Å²) in [7, 11) is 0. The molecule has 0 amide bonds. The fourth-order valence-corrected chi connectivity index (χ4v) is 3.70. The molecule has 1 saturated heterocycles. The van der Waals surface area contributed by atoms with Crippen LogP contribution < -0.4 is 0 Å². The van der Waals surface area contributed by atoms with Gasteiger partial charge in [-0.25, -0.2) is 0 Å². The molecule has 1 aromatic rings. The molecule has 1 unspecified atom stereocenters. The van der Waals surface area contributed by atoms with Gasteiger partial charge in [0.1, 0.15) is 0 Å². The summed E-state index contributed by atoms with van der Waals surface area (Å²) in [5, 5.41) is 4.42. The third kappa shape index (κ3) is 4.11. The first kappa shape index (κ1) is 16.0. The number of hydrogen-bond donors (Lipinski definition) is 0. The zero-order chi connectivity index (χ0) is 15.5. The van der Waals surface area contributed by atoms with Crippen molar-refractivity contribution < 1.29 is 0 Å². The van der Waals surface area contributed by atoms with Crippen LogP contribution in [0.4, 0.5) is 0 Å². The number of nitrogens with zero attached hydrogens (tertiary/aromatic N) is 4. The molecule has 0 radical (unpaired) electrons. The highest BCUT2D eigenvalue weighted by molar-refractivity contribution is 4.96. The van der Waals surface area contributed by atoms with Crippen LogP contribution in [-0.2, 0) is 6.54 Å². The van der Waals surface area contributed by atoms with Gasteiger partial charge in [-0.1, -0.05) is 13.8 Å². The zero-order valence-electron chi connectivity index (χ0n) is 14.5. The maximum atomic E-state index is 4.42. The highest BCUT2D eigenvalue weighted by Gasteiger charge is 2.31. The van der Waals surface area contributed by atoms with Crippen LogP contribution in [0.1, 0.15) is 38.8 Å². The van der Waals surface area contributed by atoms with E-state index in [1.807, 2.05) is 6.20 Å². The number of rotatable bonds is 6. The van der Waals surface area contributed by atoms with Crippen LogP contribution in [0.3, 0.4) is 0 Å². The van der Waals surface area contributed by atoms with E-state index in [0.29, 0.717) is 0 Å². The van der Waals surface area contributed by atoms with Crippen molar-refractivity contribution in [1.82, 2.24) is 19.6 Å². The van der Waals surface area contributed by atoms with Crippen LogP contribution in [0, 0.1) is 18.8 Å². The van der Waals surface area contributed by atoms with Gasteiger partial charge in [-0.05, 0) is 57.2 Å². The fraction of sp³-hybridized carbons (Fsp3) is 0.833. The van der Waals surface area contributed by atoms with E-state index in [4.69, 9.17) is 0 Å². The van der Waals surface area contributed by atoms with Crippen LogP contribution in [0.15, 0.2) is 12.3 Å². The van der Waals surface area contributed by atoms with Crippen molar-refractivity contribution in [3.63, 3.8) is 0 Å². The van der Waals surface area contributed by atoms with E-state index in [-0.39, 0.29) is 0 Å². The Hall–Kier alpha value is -0.870. The maximum Gasteiger partial charge on any atom is 0.0539 e. The molecule has 1 atom stereocenters. The normalized spacial score (nSPS) is 24.8. The summed E-state index contributed by atoms with van der Waals surface area (Å²) in [5.41, 5.74) is 1.27. The topological polar surface area (TPSA) is 24.3 Å². The molecule has 4 heteroatoms. The van der Waals surface area contributed by atoms with Crippen molar-refractivity contribution in [2.75, 3.05) is 32.7 Å². The number of hydrogen-bond acceptors (Lipinski definition) is 3. The van der Waals surface area contributed by atoms with Crippen LogP contribution in [0.2, 0.25) is 0 Å². The maximum absolute atomic E-state index is 4.42. The first-order chi connectivity index (χ1) is 10.6. The van der Waals surface area contributed by atoms with Crippen molar-refractivity contribution in [1.29, 1.82) is 0 Å². The Bertz CT molecular complexity index is 463. The third-order valence-corrected chi connectivity index (χ3v) is 5.35. The Kier molecular flexibility index (Phi) is 5.19. The lowest BCUT2D eigenvalue weighted by Crippen LogP contribution is -2.45. The van der Waals surface area contributed by atoms with Gasteiger partial charge in [0.05, 0.1) is 6.54 Å². The van der Waals surface area contributed by atoms with Gasteiger partial charge in [0.2, 0.25) is 0 Å². The molecule has 1 aromatic heterocycles. The SMILES string of the molecule is Cc1ccnn1CCN1CCCN(CC2CC2)C(C(C)C)C1. The van der Waals surface area contributed by atoms with E-state index in [9.17, 15) is 0 Å². The van der Waals surface area contributed by atoms with Gasteiger partial charge in [-0.2, -0.15) is 5.10 Å². The van der Waals surface area contributed by atoms with E-state index in [1.54, 1.807) is 0 Å². The first-order valence-corrected chi connectivity index (χ1v) is 9.08. The molecule has 1 saturated carbocycles. The second-order valence-corrected chi connectivity index (χ2v) is 7.60. The van der Waals surface area contributed by atoms with Crippen LogP contribution >= 0.6 is 0 Å². The van der Waals surface area contributed by atoms with Gasteiger partial charge >= 0.3 is 0 Å². The quantitative estimate of drug-likeness (QED) is 0.807. The average molecular weight is 304 g/mol. The molecule has 4 nitrogen and oxygen atoms in total. The summed E-state index contributed by atoms with van der Waals surface area (Å²) in [5.74, 6) is 1.74. The molecule has 0 spiro atoms. The van der Waals surface area contributed by atoms with Crippen LogP contribution in [0.5, 0.6) is 0 Å². The summed E-state index contributed by atoms with van der Waals surface area (Å²) in [6.45, 7) is 14.2. The molecule has 0 N–H and O–H groups in total. The lowest BCUT2D eigenvalue weighted by Gasteiger charge is -2.34. The average Bonchev–Trinajstić information content (AvgIpc) is 3.24. The van der Waals surface area contributed by atoms with E-state index < -0.39 is 0 Å². The number of aromatic nitrogens is 2. The van der Waals surface area contributed by atoms with Gasteiger partial charge in [-0.3, -0.25) is 14.5 Å². The minimum Gasteiger partial charge on any atom is -0.300 e. The molecule has 22 heavy (non-hydrogen) atoms. The van der Waals surface area contributed by atoms with Crippen LogP contribution in [-0.4, -0.2) is 58.3 Å². The summed E-state index contributed by atoms with van der Waals surface area (Å²) in [6, 6.07) is 2.82. The lowest BCUT2D eigenvalue weighted by atomic mass is 10.0. The second-order valence-electron chi connectivity index (χ2n) is 7.60. The highest BCUT2D eigenvalue weighted by Crippen LogP contribution is 2.31. The lowest BCUT2D eigenvalue weighted by molar-refractivity contribution is 0.132. The molecular formula is C18H32N4. The van der Waals surface area contributed by atoms with E-state index in [1.165, 1.54) is 51.1 Å². The zero-order valence-corrected chi connectivity index (χ0v) is 14.5. The Labute approximate surface area is 135 Å². The summed E-state index contributed by atoms with van der Waals surface area (Å²) < 4.78 is 2.14. The van der Waals surface area contributed by atoms with Crippen molar-refractivity contribution in [2.45, 2.75) is 52.6 Å². The molecule has 124 valence electrons.